The number of hydrogen-bond donors (Lipinski definition) is 2. The van der Waals surface area contributed by atoms with Crippen LogP contribution in [0.25, 0.3) is 10.9 Å². The van der Waals surface area contributed by atoms with Crippen LogP contribution < -0.4 is 10.9 Å². The fourth-order valence-corrected chi connectivity index (χ4v) is 2.29. The van der Waals surface area contributed by atoms with Crippen LogP contribution in [-0.4, -0.2) is 37.4 Å². The van der Waals surface area contributed by atoms with Crippen molar-refractivity contribution < 1.29 is 4.79 Å². The van der Waals surface area contributed by atoms with Crippen molar-refractivity contribution >= 4 is 16.8 Å². The molecule has 0 saturated heterocycles. The van der Waals surface area contributed by atoms with Crippen molar-refractivity contribution in [1.82, 2.24) is 30.3 Å². The molecule has 3 aromatic rings. The first-order chi connectivity index (χ1) is 11.2. The van der Waals surface area contributed by atoms with Gasteiger partial charge < -0.3 is 5.32 Å². The Hall–Kier alpha value is -3.03. The number of aromatic nitrogens is 5. The standard InChI is InChI=1S/C15H16N6O2/c1-10(14(22)16-7-6-11-8-18-20-19-11)21-9-17-13-5-3-2-4-12(13)15(21)23/h2-5,8-10H,6-7H2,1H3,(H,16,22)(H,18,19,20)/t10-/m0/s1. The quantitative estimate of drug-likeness (QED) is 0.711. The van der Waals surface area contributed by atoms with Crippen molar-refractivity contribution in [2.24, 2.45) is 0 Å². The summed E-state index contributed by atoms with van der Waals surface area (Å²) in [7, 11) is 0. The molecule has 1 atom stereocenters. The molecule has 0 aliphatic rings. The second kappa shape index (κ2) is 6.39. The number of benzene rings is 1. The number of carbonyl (C=O) groups is 1. The maximum absolute atomic E-state index is 12.5. The summed E-state index contributed by atoms with van der Waals surface area (Å²) in [5, 5.41) is 13.4. The van der Waals surface area contributed by atoms with E-state index < -0.39 is 6.04 Å². The van der Waals surface area contributed by atoms with Gasteiger partial charge in [-0.25, -0.2) is 4.98 Å². The molecule has 2 aromatic heterocycles. The molecule has 0 aliphatic carbocycles. The number of nitrogens with zero attached hydrogens (tertiary/aromatic N) is 4. The number of aromatic amines is 1. The molecule has 0 saturated carbocycles. The van der Waals surface area contributed by atoms with E-state index in [4.69, 9.17) is 0 Å². The zero-order valence-electron chi connectivity index (χ0n) is 12.6. The fraction of sp³-hybridized carbons (Fsp3) is 0.267. The largest absolute Gasteiger partial charge is 0.354 e. The van der Waals surface area contributed by atoms with Crippen LogP contribution in [0.1, 0.15) is 18.7 Å². The summed E-state index contributed by atoms with van der Waals surface area (Å²) in [6, 6.07) is 6.43. The van der Waals surface area contributed by atoms with E-state index >= 15 is 0 Å². The summed E-state index contributed by atoms with van der Waals surface area (Å²) in [6.07, 6.45) is 3.58. The van der Waals surface area contributed by atoms with E-state index in [-0.39, 0.29) is 11.5 Å². The van der Waals surface area contributed by atoms with Gasteiger partial charge in [-0.05, 0) is 19.1 Å². The van der Waals surface area contributed by atoms with Gasteiger partial charge in [0.15, 0.2) is 0 Å². The number of H-pyrrole nitrogens is 1. The first-order valence-electron chi connectivity index (χ1n) is 7.25. The molecule has 0 bridgehead atoms. The Morgan fingerprint density at radius 1 is 1.39 bits per heavy atom. The molecule has 0 aliphatic heterocycles. The van der Waals surface area contributed by atoms with Gasteiger partial charge in [0.1, 0.15) is 6.04 Å². The van der Waals surface area contributed by atoms with Gasteiger partial charge in [-0.3, -0.25) is 14.2 Å². The third-order valence-corrected chi connectivity index (χ3v) is 3.63. The van der Waals surface area contributed by atoms with E-state index in [1.165, 1.54) is 10.9 Å². The molecular formula is C15H16N6O2. The predicted octanol–water partition coefficient (Wildman–Crippen LogP) is 0.434. The second-order valence-electron chi connectivity index (χ2n) is 5.15. The first kappa shape index (κ1) is 14.9. The molecule has 1 aromatic carbocycles. The molecule has 0 spiro atoms. The summed E-state index contributed by atoms with van der Waals surface area (Å²) in [5.74, 6) is -0.243. The normalized spacial score (nSPS) is 12.2. The third-order valence-electron chi connectivity index (χ3n) is 3.63. The number of para-hydroxylation sites is 1. The molecule has 0 unspecified atom stereocenters. The highest BCUT2D eigenvalue weighted by Gasteiger charge is 2.17. The van der Waals surface area contributed by atoms with Crippen LogP contribution >= 0.6 is 0 Å². The summed E-state index contributed by atoms with van der Waals surface area (Å²) in [6.45, 7) is 2.09. The van der Waals surface area contributed by atoms with Gasteiger partial charge in [-0.1, -0.05) is 12.1 Å². The maximum atomic E-state index is 12.5. The Kier molecular flexibility index (Phi) is 4.13. The van der Waals surface area contributed by atoms with Gasteiger partial charge in [-0.15, -0.1) is 0 Å². The lowest BCUT2D eigenvalue weighted by atomic mass is 10.2. The Morgan fingerprint density at radius 2 is 2.22 bits per heavy atom. The average molecular weight is 312 g/mol. The van der Waals surface area contributed by atoms with Crippen molar-refractivity contribution in [3.8, 4) is 0 Å². The minimum Gasteiger partial charge on any atom is -0.354 e. The lowest BCUT2D eigenvalue weighted by molar-refractivity contribution is -0.123. The number of rotatable bonds is 5. The summed E-state index contributed by atoms with van der Waals surface area (Å²) in [4.78, 5) is 28.9. The van der Waals surface area contributed by atoms with Gasteiger partial charge in [0.05, 0.1) is 29.1 Å². The SMILES string of the molecule is C[C@@H](C(=O)NCCc1cn[nH]n1)n1cnc2ccccc2c1=O. The van der Waals surface area contributed by atoms with Gasteiger partial charge in [-0.2, -0.15) is 15.4 Å². The Morgan fingerprint density at radius 3 is 3.00 bits per heavy atom. The molecule has 8 heteroatoms. The Labute approximate surface area is 131 Å². The van der Waals surface area contributed by atoms with Crippen LogP contribution in [0, 0.1) is 0 Å². The monoisotopic (exact) mass is 312 g/mol. The lowest BCUT2D eigenvalue weighted by Crippen LogP contribution is -2.36. The number of nitrogens with one attached hydrogen (secondary N) is 2. The fourth-order valence-electron chi connectivity index (χ4n) is 2.29. The van der Waals surface area contributed by atoms with E-state index in [1.54, 1.807) is 31.3 Å². The zero-order valence-corrected chi connectivity index (χ0v) is 12.6. The van der Waals surface area contributed by atoms with Crippen LogP contribution in [0.5, 0.6) is 0 Å². The molecule has 23 heavy (non-hydrogen) atoms. The minimum absolute atomic E-state index is 0.227. The van der Waals surface area contributed by atoms with E-state index in [9.17, 15) is 9.59 Å². The van der Waals surface area contributed by atoms with Crippen LogP contribution in [0.2, 0.25) is 0 Å². The van der Waals surface area contributed by atoms with E-state index in [1.807, 2.05) is 6.07 Å². The molecule has 8 nitrogen and oxygen atoms in total. The zero-order chi connectivity index (χ0) is 16.2. The average Bonchev–Trinajstić information content (AvgIpc) is 3.08. The number of carbonyl (C=O) groups excluding carboxylic acids is 1. The smallest absolute Gasteiger partial charge is 0.261 e. The number of amides is 1. The first-order valence-corrected chi connectivity index (χ1v) is 7.25. The molecule has 118 valence electrons. The second-order valence-corrected chi connectivity index (χ2v) is 5.15. The summed E-state index contributed by atoms with van der Waals surface area (Å²) >= 11 is 0. The van der Waals surface area contributed by atoms with E-state index in [0.717, 1.165) is 5.69 Å². The van der Waals surface area contributed by atoms with Crippen LogP contribution in [0.3, 0.4) is 0 Å². The van der Waals surface area contributed by atoms with Gasteiger partial charge in [0, 0.05) is 13.0 Å². The molecule has 3 rings (SSSR count). The minimum atomic E-state index is -0.642. The highest BCUT2D eigenvalue weighted by molar-refractivity contribution is 5.81. The van der Waals surface area contributed by atoms with Gasteiger partial charge in [0.2, 0.25) is 5.91 Å². The van der Waals surface area contributed by atoms with Crippen molar-refractivity contribution in [2.75, 3.05) is 6.54 Å². The predicted molar refractivity (Wildman–Crippen MR) is 83.8 cm³/mol. The summed E-state index contributed by atoms with van der Waals surface area (Å²) < 4.78 is 1.34. The topological polar surface area (TPSA) is 106 Å². The maximum Gasteiger partial charge on any atom is 0.261 e. The lowest BCUT2D eigenvalue weighted by Gasteiger charge is -2.15. The van der Waals surface area contributed by atoms with Crippen LogP contribution in [0.4, 0.5) is 0 Å². The highest BCUT2D eigenvalue weighted by atomic mass is 16.2. The molecular weight excluding hydrogens is 296 g/mol. The van der Waals surface area contributed by atoms with Crippen molar-refractivity contribution in [1.29, 1.82) is 0 Å². The van der Waals surface area contributed by atoms with E-state index in [0.29, 0.717) is 23.9 Å². The van der Waals surface area contributed by atoms with Gasteiger partial charge >= 0.3 is 0 Å². The summed E-state index contributed by atoms with van der Waals surface area (Å²) in [5.41, 5.74) is 1.16. The van der Waals surface area contributed by atoms with Crippen molar-refractivity contribution in [2.45, 2.75) is 19.4 Å². The Balaban J connectivity index is 1.72. The van der Waals surface area contributed by atoms with Gasteiger partial charge in [0.25, 0.3) is 5.56 Å². The number of hydrogen-bond acceptors (Lipinski definition) is 5. The van der Waals surface area contributed by atoms with E-state index in [2.05, 4.69) is 25.7 Å². The third kappa shape index (κ3) is 3.10. The van der Waals surface area contributed by atoms with Crippen LogP contribution in [-0.2, 0) is 11.2 Å². The van der Waals surface area contributed by atoms with Crippen molar-refractivity contribution in [3.05, 3.63) is 52.8 Å². The van der Waals surface area contributed by atoms with Crippen LogP contribution in [0.15, 0.2) is 41.6 Å². The molecule has 0 fully saturated rings. The molecule has 2 N–H and O–H groups in total. The highest BCUT2D eigenvalue weighted by Crippen LogP contribution is 2.08. The molecule has 0 radical (unpaired) electrons. The van der Waals surface area contributed by atoms with Crippen molar-refractivity contribution in [3.63, 3.8) is 0 Å². The Bertz CT molecular complexity index is 871. The molecule has 2 heterocycles. The molecule has 1 amide bonds. The number of fused-ring (bicyclic) bond motifs is 1.